The van der Waals surface area contributed by atoms with Crippen LogP contribution in [0.1, 0.15) is 28.2 Å². The number of aliphatic imine (C=N–C) groups is 1. The van der Waals surface area contributed by atoms with Gasteiger partial charge in [0.05, 0.1) is 36.6 Å². The Bertz CT molecular complexity index is 930. The van der Waals surface area contributed by atoms with Crippen molar-refractivity contribution in [2.45, 2.75) is 33.9 Å². The number of hydrogen-bond acceptors (Lipinski definition) is 6. The highest BCUT2D eigenvalue weighted by Gasteiger charge is 2.07. The molecule has 0 atom stereocenters. The molecule has 0 bridgehead atoms. The zero-order chi connectivity index (χ0) is 19.9. The quantitative estimate of drug-likeness (QED) is 0.448. The number of nitrogens with one attached hydrogen (secondary N) is 2. The molecule has 6 nitrogen and oxygen atoms in total. The van der Waals surface area contributed by atoms with Gasteiger partial charge in [0.25, 0.3) is 0 Å². The average Bonchev–Trinajstić information content (AvgIpc) is 3.30. The number of rotatable bonds is 7. The fourth-order valence-corrected chi connectivity index (χ4v) is 4.34. The van der Waals surface area contributed by atoms with E-state index in [0.29, 0.717) is 6.54 Å². The second kappa shape index (κ2) is 9.66. The molecule has 0 amide bonds. The summed E-state index contributed by atoms with van der Waals surface area (Å²) in [5, 5.41) is 10.8. The van der Waals surface area contributed by atoms with Gasteiger partial charge in [-0.05, 0) is 45.0 Å². The molecule has 28 heavy (non-hydrogen) atoms. The third kappa shape index (κ3) is 5.30. The van der Waals surface area contributed by atoms with Crippen molar-refractivity contribution < 1.29 is 4.74 Å². The summed E-state index contributed by atoms with van der Waals surface area (Å²) in [6.45, 7) is 8.19. The minimum Gasteiger partial charge on any atom is -0.497 e. The Hall–Kier alpha value is -2.45. The molecular formula is C20H25N5OS2. The number of ether oxygens (including phenoxy) is 1. The minimum atomic E-state index is 0.530. The van der Waals surface area contributed by atoms with Crippen molar-refractivity contribution in [2.24, 2.45) is 4.99 Å². The highest BCUT2D eigenvalue weighted by molar-refractivity contribution is 7.13. The topological polar surface area (TPSA) is 71.4 Å². The van der Waals surface area contributed by atoms with Crippen LogP contribution in [0.5, 0.6) is 5.75 Å². The second-order valence-corrected chi connectivity index (χ2v) is 8.31. The minimum absolute atomic E-state index is 0.530. The number of hydrogen-bond donors (Lipinski definition) is 2. The lowest BCUT2D eigenvalue weighted by molar-refractivity contribution is 0.415. The van der Waals surface area contributed by atoms with E-state index >= 15 is 0 Å². The van der Waals surface area contributed by atoms with E-state index in [1.54, 1.807) is 29.8 Å². The van der Waals surface area contributed by atoms with Crippen LogP contribution in [-0.2, 0) is 13.1 Å². The first kappa shape index (κ1) is 20.3. The molecule has 0 unspecified atom stereocenters. The van der Waals surface area contributed by atoms with Crippen molar-refractivity contribution in [3.63, 3.8) is 0 Å². The van der Waals surface area contributed by atoms with Gasteiger partial charge in [0.1, 0.15) is 10.8 Å². The highest BCUT2D eigenvalue weighted by Crippen LogP contribution is 2.26. The number of thiazole rings is 2. The van der Waals surface area contributed by atoms with Gasteiger partial charge in [-0.1, -0.05) is 0 Å². The van der Waals surface area contributed by atoms with E-state index in [9.17, 15) is 0 Å². The van der Waals surface area contributed by atoms with Crippen LogP contribution in [0.3, 0.4) is 0 Å². The smallest absolute Gasteiger partial charge is 0.191 e. The van der Waals surface area contributed by atoms with Crippen LogP contribution in [0.15, 0.2) is 34.6 Å². The van der Waals surface area contributed by atoms with E-state index in [0.717, 1.165) is 51.8 Å². The van der Waals surface area contributed by atoms with Crippen LogP contribution in [0, 0.1) is 13.8 Å². The van der Waals surface area contributed by atoms with E-state index in [-0.39, 0.29) is 0 Å². The number of methoxy groups -OCH3 is 1. The van der Waals surface area contributed by atoms with Gasteiger partial charge < -0.3 is 15.4 Å². The molecule has 2 heterocycles. The summed E-state index contributed by atoms with van der Waals surface area (Å²) >= 11 is 3.34. The predicted molar refractivity (Wildman–Crippen MR) is 117 cm³/mol. The van der Waals surface area contributed by atoms with Gasteiger partial charge in [0.2, 0.25) is 0 Å². The third-order valence-corrected chi connectivity index (χ3v) is 6.06. The number of aromatic nitrogens is 2. The zero-order valence-corrected chi connectivity index (χ0v) is 18.2. The Morgan fingerprint density at radius 3 is 2.57 bits per heavy atom. The zero-order valence-electron chi connectivity index (χ0n) is 16.6. The molecule has 0 spiro atoms. The lowest BCUT2D eigenvalue weighted by Gasteiger charge is -2.10. The van der Waals surface area contributed by atoms with Crippen LogP contribution in [0.4, 0.5) is 0 Å². The fourth-order valence-electron chi connectivity index (χ4n) is 2.65. The summed E-state index contributed by atoms with van der Waals surface area (Å²) in [5.74, 6) is 1.63. The van der Waals surface area contributed by atoms with E-state index < -0.39 is 0 Å². The molecule has 0 aliphatic rings. The molecule has 148 valence electrons. The Morgan fingerprint density at radius 1 is 1.14 bits per heavy atom. The fraction of sp³-hybridized carbons (Fsp3) is 0.350. The van der Waals surface area contributed by atoms with Gasteiger partial charge in [0, 0.05) is 22.4 Å². The molecule has 2 aromatic heterocycles. The van der Waals surface area contributed by atoms with Gasteiger partial charge in [-0.25, -0.2) is 15.0 Å². The van der Waals surface area contributed by atoms with Crippen molar-refractivity contribution >= 4 is 28.6 Å². The predicted octanol–water partition coefficient (Wildman–Crippen LogP) is 4.15. The molecular weight excluding hydrogens is 390 g/mol. The van der Waals surface area contributed by atoms with Gasteiger partial charge in [-0.3, -0.25) is 0 Å². The van der Waals surface area contributed by atoms with Gasteiger partial charge in [0.15, 0.2) is 5.96 Å². The summed E-state index contributed by atoms with van der Waals surface area (Å²) in [4.78, 5) is 15.1. The molecule has 3 aromatic rings. The summed E-state index contributed by atoms with van der Waals surface area (Å²) in [5.41, 5.74) is 3.12. The van der Waals surface area contributed by atoms with Crippen molar-refractivity contribution in [3.05, 3.63) is 50.9 Å². The van der Waals surface area contributed by atoms with E-state index in [1.165, 1.54) is 4.88 Å². The molecule has 0 saturated heterocycles. The lowest BCUT2D eigenvalue weighted by atomic mass is 10.2. The Kier molecular flexibility index (Phi) is 7.00. The average molecular weight is 416 g/mol. The SMILES string of the molecule is CCNC(=NCc1csc(-c2ccc(OC)cc2)n1)NCc1sc(C)nc1C. The second-order valence-electron chi connectivity index (χ2n) is 6.16. The molecule has 0 aliphatic carbocycles. The molecule has 0 saturated carbocycles. The molecule has 0 aliphatic heterocycles. The van der Waals surface area contributed by atoms with Crippen molar-refractivity contribution in [3.8, 4) is 16.3 Å². The number of nitrogens with zero attached hydrogens (tertiary/aromatic N) is 3. The maximum atomic E-state index is 5.21. The number of guanidine groups is 1. The molecule has 0 radical (unpaired) electrons. The van der Waals surface area contributed by atoms with E-state index in [2.05, 4.69) is 32.9 Å². The number of benzene rings is 1. The molecule has 8 heteroatoms. The van der Waals surface area contributed by atoms with Crippen LogP contribution in [0.2, 0.25) is 0 Å². The van der Waals surface area contributed by atoms with Crippen LogP contribution >= 0.6 is 22.7 Å². The van der Waals surface area contributed by atoms with Crippen molar-refractivity contribution in [2.75, 3.05) is 13.7 Å². The Morgan fingerprint density at radius 2 is 1.93 bits per heavy atom. The standard InChI is InChI=1S/C20H25N5OS2/c1-5-21-20(23-11-18-13(2)24-14(3)28-18)22-10-16-12-27-19(25-16)15-6-8-17(26-4)9-7-15/h6-9,12H,5,10-11H2,1-4H3,(H2,21,22,23). The van der Waals surface area contributed by atoms with Crippen LogP contribution in [0.25, 0.3) is 10.6 Å². The summed E-state index contributed by atoms with van der Waals surface area (Å²) in [6, 6.07) is 7.95. The summed E-state index contributed by atoms with van der Waals surface area (Å²) < 4.78 is 5.21. The maximum Gasteiger partial charge on any atom is 0.191 e. The molecule has 2 N–H and O–H groups in total. The summed E-state index contributed by atoms with van der Waals surface area (Å²) in [7, 11) is 1.67. The van der Waals surface area contributed by atoms with Gasteiger partial charge in [-0.15, -0.1) is 22.7 Å². The normalized spacial score (nSPS) is 11.5. The van der Waals surface area contributed by atoms with Gasteiger partial charge in [-0.2, -0.15) is 0 Å². The molecule has 0 fully saturated rings. The molecule has 1 aromatic carbocycles. The van der Waals surface area contributed by atoms with Gasteiger partial charge >= 0.3 is 0 Å². The van der Waals surface area contributed by atoms with Crippen molar-refractivity contribution in [1.82, 2.24) is 20.6 Å². The monoisotopic (exact) mass is 415 g/mol. The first-order chi connectivity index (χ1) is 13.6. The maximum absolute atomic E-state index is 5.21. The molecule has 3 rings (SSSR count). The van der Waals surface area contributed by atoms with E-state index in [4.69, 9.17) is 9.72 Å². The largest absolute Gasteiger partial charge is 0.497 e. The van der Waals surface area contributed by atoms with Crippen molar-refractivity contribution in [1.29, 1.82) is 0 Å². The third-order valence-electron chi connectivity index (χ3n) is 4.05. The number of aryl methyl sites for hydroxylation is 2. The van der Waals surface area contributed by atoms with Crippen LogP contribution in [-0.4, -0.2) is 29.6 Å². The Balaban J connectivity index is 1.64. The first-order valence-corrected chi connectivity index (χ1v) is 10.8. The Labute approximate surface area is 173 Å². The highest BCUT2D eigenvalue weighted by atomic mass is 32.1. The van der Waals surface area contributed by atoms with Crippen LogP contribution < -0.4 is 15.4 Å². The lowest BCUT2D eigenvalue weighted by Crippen LogP contribution is -2.36. The first-order valence-electron chi connectivity index (χ1n) is 9.13. The van der Waals surface area contributed by atoms with E-state index in [1.807, 2.05) is 38.1 Å². The summed E-state index contributed by atoms with van der Waals surface area (Å²) in [6.07, 6.45) is 0.